The summed E-state index contributed by atoms with van der Waals surface area (Å²) < 4.78 is 40.1. The normalized spacial score (nSPS) is 17.7. The number of pyridine rings is 1. The molecule has 0 aliphatic carbocycles. The van der Waals surface area contributed by atoms with Crippen molar-refractivity contribution in [3.05, 3.63) is 80.3 Å². The Bertz CT molecular complexity index is 1360. The molecule has 0 unspecified atom stereocenters. The molecular weight excluding hydrogens is 518 g/mol. The number of carbonyl (C=O) groups excluding carboxylic acids is 2. The maximum absolute atomic E-state index is 13.4. The van der Waals surface area contributed by atoms with Gasteiger partial charge in [-0.25, -0.2) is 0 Å². The molecule has 4 heterocycles. The Morgan fingerprint density at radius 1 is 1.14 bits per heavy atom. The number of carbonyl (C=O) groups is 2. The molecular formula is C24H20Cl2F3N5O2. The molecule has 36 heavy (non-hydrogen) atoms. The number of fused-ring (bicyclic) bond motifs is 3. The molecule has 1 aromatic carbocycles. The van der Waals surface area contributed by atoms with E-state index in [1.165, 1.54) is 12.1 Å². The number of halogens is 5. The van der Waals surface area contributed by atoms with Crippen molar-refractivity contribution in [3.8, 4) is 0 Å². The fourth-order valence-electron chi connectivity index (χ4n) is 4.59. The van der Waals surface area contributed by atoms with E-state index in [0.717, 1.165) is 18.0 Å². The van der Waals surface area contributed by atoms with Crippen molar-refractivity contribution in [3.63, 3.8) is 0 Å². The van der Waals surface area contributed by atoms with Crippen LogP contribution >= 0.6 is 23.2 Å². The third-order valence-electron chi connectivity index (χ3n) is 6.47. The Morgan fingerprint density at radius 2 is 1.92 bits per heavy atom. The standard InChI is InChI=1S/C24H20Cl2F3N5O2/c1-13-8-19-16(12-33(13)22(35)15-3-4-17(25)18(26)9-15)21-23(36)32(6-7-34(21)31-19)11-14-2-5-20(30-10-14)24(27,28)29/h2-5,9-10,13H,6-8,11-12H2,1H3/t13-/m1/s1. The Hall–Kier alpha value is -3.11. The summed E-state index contributed by atoms with van der Waals surface area (Å²) in [6.07, 6.45) is -2.90. The first-order valence-corrected chi connectivity index (χ1v) is 11.9. The summed E-state index contributed by atoms with van der Waals surface area (Å²) in [5.74, 6) is -0.519. The van der Waals surface area contributed by atoms with Crippen LogP contribution in [-0.2, 0) is 32.2 Å². The van der Waals surface area contributed by atoms with Gasteiger partial charge in [0, 0.05) is 42.9 Å². The van der Waals surface area contributed by atoms with Crippen LogP contribution in [0.5, 0.6) is 0 Å². The van der Waals surface area contributed by atoms with E-state index in [0.29, 0.717) is 46.9 Å². The maximum atomic E-state index is 13.4. The Kier molecular flexibility index (Phi) is 6.20. The SMILES string of the molecule is C[C@@H]1Cc2nn3c(c2CN1C(=O)c1ccc(Cl)c(Cl)c1)C(=O)N(Cc1ccc(C(F)(F)F)nc1)CC3. The van der Waals surface area contributed by atoms with Gasteiger partial charge >= 0.3 is 6.18 Å². The Labute approximate surface area is 214 Å². The van der Waals surface area contributed by atoms with Crippen molar-refractivity contribution in [1.82, 2.24) is 24.6 Å². The second-order valence-electron chi connectivity index (χ2n) is 8.89. The summed E-state index contributed by atoms with van der Waals surface area (Å²) in [5, 5.41) is 5.25. The smallest absolute Gasteiger partial charge is 0.331 e. The third kappa shape index (κ3) is 4.43. The number of rotatable bonds is 3. The van der Waals surface area contributed by atoms with Crippen molar-refractivity contribution in [2.45, 2.75) is 45.2 Å². The number of nitrogens with zero attached hydrogens (tertiary/aromatic N) is 5. The predicted molar refractivity (Wildman–Crippen MR) is 126 cm³/mol. The summed E-state index contributed by atoms with van der Waals surface area (Å²) >= 11 is 12.1. The first-order chi connectivity index (χ1) is 17.0. The fraction of sp³-hybridized carbons (Fsp3) is 0.333. The molecule has 2 amide bonds. The minimum absolute atomic E-state index is 0.117. The summed E-state index contributed by atoms with van der Waals surface area (Å²) in [6, 6.07) is 6.77. The highest BCUT2D eigenvalue weighted by molar-refractivity contribution is 6.42. The lowest BCUT2D eigenvalue weighted by Crippen LogP contribution is -2.44. The zero-order valence-corrected chi connectivity index (χ0v) is 20.5. The molecule has 5 rings (SSSR count). The van der Waals surface area contributed by atoms with Gasteiger partial charge in [0.05, 0.1) is 28.8 Å². The lowest BCUT2D eigenvalue weighted by Gasteiger charge is -2.34. The topological polar surface area (TPSA) is 71.3 Å². The highest BCUT2D eigenvalue weighted by Crippen LogP contribution is 2.32. The van der Waals surface area contributed by atoms with Crippen molar-refractivity contribution in [1.29, 1.82) is 0 Å². The summed E-state index contributed by atoms with van der Waals surface area (Å²) in [5.41, 5.74) is 1.75. The molecule has 12 heteroatoms. The molecule has 0 spiro atoms. The van der Waals surface area contributed by atoms with Gasteiger partial charge in [0.1, 0.15) is 11.4 Å². The third-order valence-corrected chi connectivity index (χ3v) is 7.21. The highest BCUT2D eigenvalue weighted by Gasteiger charge is 2.37. The summed E-state index contributed by atoms with van der Waals surface area (Å²) in [6.45, 7) is 3.03. The maximum Gasteiger partial charge on any atom is 0.433 e. The van der Waals surface area contributed by atoms with E-state index < -0.39 is 11.9 Å². The molecule has 1 atom stereocenters. The first kappa shape index (κ1) is 24.6. The van der Waals surface area contributed by atoms with Gasteiger partial charge in [0.25, 0.3) is 11.8 Å². The van der Waals surface area contributed by atoms with Gasteiger partial charge in [-0.3, -0.25) is 19.3 Å². The molecule has 7 nitrogen and oxygen atoms in total. The van der Waals surface area contributed by atoms with Gasteiger partial charge in [0.15, 0.2) is 0 Å². The highest BCUT2D eigenvalue weighted by atomic mass is 35.5. The number of benzene rings is 1. The number of hydrogen-bond acceptors (Lipinski definition) is 4. The van der Waals surface area contributed by atoms with Crippen LogP contribution in [0.2, 0.25) is 10.0 Å². The van der Waals surface area contributed by atoms with E-state index in [1.807, 2.05) is 6.92 Å². The number of hydrogen-bond donors (Lipinski definition) is 0. The van der Waals surface area contributed by atoms with Crippen molar-refractivity contribution in [2.24, 2.45) is 0 Å². The van der Waals surface area contributed by atoms with Gasteiger partial charge in [0.2, 0.25) is 0 Å². The van der Waals surface area contributed by atoms with Crippen LogP contribution in [0, 0.1) is 0 Å². The number of alkyl halides is 3. The molecule has 0 saturated carbocycles. The second-order valence-corrected chi connectivity index (χ2v) is 9.70. The minimum Gasteiger partial charge on any atom is -0.331 e. The second kappa shape index (κ2) is 9.08. The number of aromatic nitrogens is 3. The molecule has 0 radical (unpaired) electrons. The Balaban J connectivity index is 1.38. The average molecular weight is 538 g/mol. The van der Waals surface area contributed by atoms with Gasteiger partial charge in [-0.15, -0.1) is 0 Å². The van der Waals surface area contributed by atoms with Crippen LogP contribution in [0.4, 0.5) is 13.2 Å². The molecule has 0 fully saturated rings. The molecule has 0 N–H and O–H groups in total. The molecule has 0 bridgehead atoms. The van der Waals surface area contributed by atoms with Crippen molar-refractivity contribution < 1.29 is 22.8 Å². The van der Waals surface area contributed by atoms with Crippen molar-refractivity contribution >= 4 is 35.0 Å². The monoisotopic (exact) mass is 537 g/mol. The average Bonchev–Trinajstić information content (AvgIpc) is 3.19. The zero-order chi connectivity index (χ0) is 25.8. The van der Waals surface area contributed by atoms with E-state index in [9.17, 15) is 22.8 Å². The lowest BCUT2D eigenvalue weighted by atomic mass is 9.97. The van der Waals surface area contributed by atoms with Crippen LogP contribution in [0.25, 0.3) is 0 Å². The van der Waals surface area contributed by atoms with Crippen molar-refractivity contribution in [2.75, 3.05) is 6.54 Å². The molecule has 2 aliphatic rings. The fourth-order valence-corrected chi connectivity index (χ4v) is 4.88. The summed E-state index contributed by atoms with van der Waals surface area (Å²) in [7, 11) is 0. The van der Waals surface area contributed by atoms with E-state index in [2.05, 4.69) is 10.1 Å². The van der Waals surface area contributed by atoms with E-state index in [4.69, 9.17) is 23.2 Å². The molecule has 188 valence electrons. The number of amides is 2. The molecule has 0 saturated heterocycles. The lowest BCUT2D eigenvalue weighted by molar-refractivity contribution is -0.141. The Morgan fingerprint density at radius 3 is 2.58 bits per heavy atom. The quantitative estimate of drug-likeness (QED) is 0.479. The van der Waals surface area contributed by atoms with Crippen LogP contribution < -0.4 is 0 Å². The molecule has 2 aromatic heterocycles. The zero-order valence-electron chi connectivity index (χ0n) is 19.0. The van der Waals surface area contributed by atoms with Crippen LogP contribution in [0.3, 0.4) is 0 Å². The van der Waals surface area contributed by atoms with Crippen LogP contribution in [-0.4, -0.2) is 49.0 Å². The largest absolute Gasteiger partial charge is 0.433 e. The van der Waals surface area contributed by atoms with Crippen LogP contribution in [0.1, 0.15) is 50.3 Å². The molecule has 3 aromatic rings. The minimum atomic E-state index is -4.52. The molecule has 2 aliphatic heterocycles. The van der Waals surface area contributed by atoms with E-state index in [-0.39, 0.29) is 36.0 Å². The predicted octanol–water partition coefficient (Wildman–Crippen LogP) is 4.85. The van der Waals surface area contributed by atoms with Gasteiger partial charge < -0.3 is 9.80 Å². The van der Waals surface area contributed by atoms with E-state index in [1.54, 1.807) is 26.6 Å². The summed E-state index contributed by atoms with van der Waals surface area (Å²) in [4.78, 5) is 33.4. The van der Waals surface area contributed by atoms with Gasteiger partial charge in [-0.1, -0.05) is 29.3 Å². The van der Waals surface area contributed by atoms with Gasteiger partial charge in [-0.05, 0) is 36.8 Å². The first-order valence-electron chi connectivity index (χ1n) is 11.2. The van der Waals surface area contributed by atoms with Gasteiger partial charge in [-0.2, -0.15) is 18.3 Å². The van der Waals surface area contributed by atoms with E-state index >= 15 is 0 Å². The van der Waals surface area contributed by atoms with Crippen LogP contribution in [0.15, 0.2) is 36.5 Å².